The monoisotopic (exact) mass is 352 g/mol. The molecule has 1 N–H and O–H groups in total. The lowest BCUT2D eigenvalue weighted by atomic mass is 10.1. The summed E-state index contributed by atoms with van der Waals surface area (Å²) >= 11 is 0. The molecule has 0 spiro atoms. The highest BCUT2D eigenvalue weighted by Gasteiger charge is 2.07. The number of rotatable bonds is 5. The second-order valence-corrected chi connectivity index (χ2v) is 6.19. The van der Waals surface area contributed by atoms with Crippen LogP contribution in [0.25, 0.3) is 11.0 Å². The average molecular weight is 352 g/mol. The van der Waals surface area contributed by atoms with Crippen LogP contribution in [0.3, 0.4) is 0 Å². The number of nitrogens with one attached hydrogen (secondary N) is 1. The molecular weight excluding hydrogens is 332 g/mol. The van der Waals surface area contributed by atoms with Crippen molar-refractivity contribution in [3.63, 3.8) is 0 Å². The van der Waals surface area contributed by atoms with Gasteiger partial charge in [0.05, 0.1) is 0 Å². The molecule has 0 aliphatic rings. The summed E-state index contributed by atoms with van der Waals surface area (Å²) in [4.78, 5) is 25.4. The van der Waals surface area contributed by atoms with Crippen molar-refractivity contribution in [2.75, 3.05) is 30.9 Å². The van der Waals surface area contributed by atoms with Crippen molar-refractivity contribution in [2.24, 2.45) is 0 Å². The fourth-order valence-electron chi connectivity index (χ4n) is 2.71. The Labute approximate surface area is 151 Å². The molecule has 1 amide bonds. The zero-order valence-electron chi connectivity index (χ0n) is 14.9. The lowest BCUT2D eigenvalue weighted by Gasteiger charge is -2.16. The molecule has 0 radical (unpaired) electrons. The normalized spacial score (nSPS) is 10.6. The minimum absolute atomic E-state index is 0.142. The van der Waals surface area contributed by atoms with Gasteiger partial charge in [0.2, 0.25) is 0 Å². The van der Waals surface area contributed by atoms with E-state index in [4.69, 9.17) is 9.15 Å². The summed E-state index contributed by atoms with van der Waals surface area (Å²) in [5.74, 6) is 0.192. The van der Waals surface area contributed by atoms with E-state index in [1.54, 1.807) is 24.3 Å². The minimum atomic E-state index is -0.427. The zero-order valence-corrected chi connectivity index (χ0v) is 14.9. The molecule has 3 aromatic rings. The number of fused-ring (bicyclic) bond motifs is 1. The number of nitrogens with zero attached hydrogens (tertiary/aromatic N) is 1. The Hall–Kier alpha value is -3.28. The molecular formula is C20H20N2O4. The first-order valence-electron chi connectivity index (χ1n) is 8.17. The second kappa shape index (κ2) is 7.31. The first-order valence-corrected chi connectivity index (χ1v) is 8.17. The highest BCUT2D eigenvalue weighted by Crippen LogP contribution is 2.22. The van der Waals surface area contributed by atoms with Crippen LogP contribution >= 0.6 is 0 Å². The van der Waals surface area contributed by atoms with Crippen LogP contribution in [0.5, 0.6) is 5.75 Å². The predicted molar refractivity (Wildman–Crippen MR) is 102 cm³/mol. The van der Waals surface area contributed by atoms with Gasteiger partial charge in [-0.25, -0.2) is 4.79 Å². The average Bonchev–Trinajstić information content (AvgIpc) is 2.59. The third-order valence-corrected chi connectivity index (χ3v) is 3.93. The van der Waals surface area contributed by atoms with Gasteiger partial charge in [0.25, 0.3) is 5.91 Å². The van der Waals surface area contributed by atoms with Crippen molar-refractivity contribution < 1.29 is 13.9 Å². The van der Waals surface area contributed by atoms with Crippen LogP contribution < -0.4 is 20.6 Å². The Balaban J connectivity index is 1.64. The Morgan fingerprint density at radius 2 is 1.88 bits per heavy atom. The molecule has 0 saturated carbocycles. The summed E-state index contributed by atoms with van der Waals surface area (Å²) in [5.41, 5.74) is 2.87. The van der Waals surface area contributed by atoms with Gasteiger partial charge in [0.15, 0.2) is 6.61 Å². The number of amides is 1. The summed E-state index contributed by atoms with van der Waals surface area (Å²) in [5, 5.41) is 3.60. The molecule has 6 heteroatoms. The van der Waals surface area contributed by atoms with Crippen LogP contribution in [0, 0.1) is 6.92 Å². The lowest BCUT2D eigenvalue weighted by Crippen LogP contribution is -2.20. The molecule has 0 bridgehead atoms. The molecule has 134 valence electrons. The van der Waals surface area contributed by atoms with Crippen LogP contribution in [-0.4, -0.2) is 26.6 Å². The molecule has 0 unspecified atom stereocenters. The third kappa shape index (κ3) is 4.03. The molecule has 26 heavy (non-hydrogen) atoms. The smallest absolute Gasteiger partial charge is 0.336 e. The third-order valence-electron chi connectivity index (χ3n) is 3.93. The number of carbonyl (C=O) groups excluding carboxylic acids is 1. The van der Waals surface area contributed by atoms with E-state index in [0.717, 1.165) is 16.6 Å². The maximum absolute atomic E-state index is 12.1. The standard InChI is InChI=1S/C20H20N2O4/c1-13-10-15(6-8-17(13)22(2)3)21-19(23)12-25-16-7-4-14-5-9-20(24)26-18(14)11-16/h4-11H,12H2,1-3H3,(H,21,23). The molecule has 0 saturated heterocycles. The van der Waals surface area contributed by atoms with Crippen LogP contribution in [-0.2, 0) is 4.79 Å². The first-order chi connectivity index (χ1) is 12.4. The van der Waals surface area contributed by atoms with Crippen molar-refractivity contribution in [1.29, 1.82) is 0 Å². The SMILES string of the molecule is Cc1cc(NC(=O)COc2ccc3ccc(=O)oc3c2)ccc1N(C)C. The molecule has 1 heterocycles. The molecule has 0 atom stereocenters. The molecule has 0 fully saturated rings. The van der Waals surface area contributed by atoms with Gasteiger partial charge in [-0.1, -0.05) is 0 Å². The quantitative estimate of drug-likeness (QED) is 0.714. The Morgan fingerprint density at radius 3 is 2.62 bits per heavy atom. The van der Waals surface area contributed by atoms with Gasteiger partial charge in [-0.15, -0.1) is 0 Å². The van der Waals surface area contributed by atoms with Gasteiger partial charge in [-0.05, 0) is 48.9 Å². The Kier molecular flexibility index (Phi) is 4.93. The number of hydrogen-bond acceptors (Lipinski definition) is 5. The van der Waals surface area contributed by atoms with E-state index >= 15 is 0 Å². The predicted octanol–water partition coefficient (Wildman–Crippen LogP) is 3.18. The zero-order chi connectivity index (χ0) is 18.7. The largest absolute Gasteiger partial charge is 0.484 e. The van der Waals surface area contributed by atoms with Crippen LogP contribution in [0.15, 0.2) is 57.7 Å². The number of anilines is 2. The maximum atomic E-state index is 12.1. The van der Waals surface area contributed by atoms with E-state index in [1.807, 2.05) is 44.1 Å². The number of aryl methyl sites for hydroxylation is 1. The van der Waals surface area contributed by atoms with Crippen LogP contribution in [0.1, 0.15) is 5.56 Å². The Morgan fingerprint density at radius 1 is 1.12 bits per heavy atom. The van der Waals surface area contributed by atoms with Gasteiger partial charge in [-0.3, -0.25) is 4.79 Å². The van der Waals surface area contributed by atoms with Gasteiger partial charge in [-0.2, -0.15) is 0 Å². The first kappa shape index (κ1) is 17.5. The summed E-state index contributed by atoms with van der Waals surface area (Å²) in [6.45, 7) is 1.85. The molecule has 0 aliphatic heterocycles. The van der Waals surface area contributed by atoms with E-state index < -0.39 is 5.63 Å². The number of carbonyl (C=O) groups is 1. The number of benzene rings is 2. The van der Waals surface area contributed by atoms with Crippen molar-refractivity contribution in [3.8, 4) is 5.75 Å². The maximum Gasteiger partial charge on any atom is 0.336 e. The van der Waals surface area contributed by atoms with E-state index in [-0.39, 0.29) is 12.5 Å². The van der Waals surface area contributed by atoms with Crippen molar-refractivity contribution in [1.82, 2.24) is 0 Å². The summed E-state index contributed by atoms with van der Waals surface area (Å²) in [7, 11) is 3.94. The van der Waals surface area contributed by atoms with Gasteiger partial charge in [0, 0.05) is 43.0 Å². The summed E-state index contributed by atoms with van der Waals surface area (Å²) in [6, 6.07) is 13.9. The molecule has 3 rings (SSSR count). The van der Waals surface area contributed by atoms with E-state index in [2.05, 4.69) is 5.32 Å². The number of hydrogen-bond donors (Lipinski definition) is 1. The van der Waals surface area contributed by atoms with Gasteiger partial charge < -0.3 is 19.4 Å². The fourth-order valence-corrected chi connectivity index (χ4v) is 2.71. The Bertz CT molecular complexity index is 1010. The fraction of sp³-hybridized carbons (Fsp3) is 0.200. The van der Waals surface area contributed by atoms with Gasteiger partial charge >= 0.3 is 5.63 Å². The molecule has 0 aliphatic carbocycles. The van der Waals surface area contributed by atoms with Crippen LogP contribution in [0.2, 0.25) is 0 Å². The lowest BCUT2D eigenvalue weighted by molar-refractivity contribution is -0.118. The highest BCUT2D eigenvalue weighted by molar-refractivity contribution is 5.92. The van der Waals surface area contributed by atoms with Crippen molar-refractivity contribution in [3.05, 3.63) is 64.5 Å². The second-order valence-electron chi connectivity index (χ2n) is 6.19. The van der Waals surface area contributed by atoms with E-state index in [0.29, 0.717) is 17.0 Å². The van der Waals surface area contributed by atoms with Crippen LogP contribution in [0.4, 0.5) is 11.4 Å². The van der Waals surface area contributed by atoms with E-state index in [1.165, 1.54) is 6.07 Å². The van der Waals surface area contributed by atoms with E-state index in [9.17, 15) is 9.59 Å². The molecule has 6 nitrogen and oxygen atoms in total. The molecule has 2 aromatic carbocycles. The topological polar surface area (TPSA) is 71.8 Å². The highest BCUT2D eigenvalue weighted by atomic mass is 16.5. The summed E-state index contributed by atoms with van der Waals surface area (Å²) < 4.78 is 10.6. The minimum Gasteiger partial charge on any atom is -0.484 e. The molecule has 1 aromatic heterocycles. The summed E-state index contributed by atoms with van der Waals surface area (Å²) in [6.07, 6.45) is 0. The van der Waals surface area contributed by atoms with Crippen molar-refractivity contribution in [2.45, 2.75) is 6.92 Å². The van der Waals surface area contributed by atoms with Gasteiger partial charge in [0.1, 0.15) is 11.3 Å². The number of ether oxygens (including phenoxy) is 1. The van der Waals surface area contributed by atoms with Crippen molar-refractivity contribution >= 4 is 28.3 Å².